The van der Waals surface area contributed by atoms with Crippen molar-refractivity contribution in [3.63, 3.8) is 0 Å². The molecule has 0 aliphatic heterocycles. The zero-order valence-corrected chi connectivity index (χ0v) is 9.35. The van der Waals surface area contributed by atoms with Crippen LogP contribution in [0.4, 0.5) is 5.69 Å². The maximum atomic E-state index is 3.13. The molecule has 80 valence electrons. The number of anilines is 1. The van der Waals surface area contributed by atoms with E-state index in [1.807, 2.05) is 25.2 Å². The summed E-state index contributed by atoms with van der Waals surface area (Å²) in [5, 5.41) is 3.13. The molecule has 0 radical (unpaired) electrons. The molecule has 0 spiro atoms. The highest BCUT2D eigenvalue weighted by molar-refractivity contribution is 5.71. The van der Waals surface area contributed by atoms with Crippen LogP contribution in [0, 0.1) is 0 Å². The summed E-state index contributed by atoms with van der Waals surface area (Å²) in [6.45, 7) is 0. The molecule has 0 amide bonds. The van der Waals surface area contributed by atoms with Gasteiger partial charge in [-0.25, -0.2) is 0 Å². The van der Waals surface area contributed by atoms with Crippen LogP contribution in [-0.4, -0.2) is 7.05 Å². The average Bonchev–Trinajstić information content (AvgIpc) is 2.38. The van der Waals surface area contributed by atoms with E-state index in [4.69, 9.17) is 0 Å². The number of rotatable bonds is 3. The van der Waals surface area contributed by atoms with Crippen molar-refractivity contribution >= 4 is 17.8 Å². The number of nitrogens with one attached hydrogen (secondary N) is 1. The molecular formula is C15H15N. The SMILES string of the molecule is CNc1cccc(/C=C/c2ccccc2)c1. The van der Waals surface area contributed by atoms with Crippen molar-refractivity contribution in [3.05, 3.63) is 65.7 Å². The second-order valence-corrected chi connectivity index (χ2v) is 3.62. The predicted molar refractivity (Wildman–Crippen MR) is 71.4 cm³/mol. The van der Waals surface area contributed by atoms with E-state index in [0.29, 0.717) is 0 Å². The van der Waals surface area contributed by atoms with Gasteiger partial charge in [-0.1, -0.05) is 54.6 Å². The molecule has 0 unspecified atom stereocenters. The third-order valence-electron chi connectivity index (χ3n) is 2.44. The zero-order chi connectivity index (χ0) is 11.2. The molecule has 2 rings (SSSR count). The second kappa shape index (κ2) is 5.17. The minimum Gasteiger partial charge on any atom is -0.388 e. The average molecular weight is 209 g/mol. The van der Waals surface area contributed by atoms with Crippen LogP contribution in [0.3, 0.4) is 0 Å². The van der Waals surface area contributed by atoms with Crippen LogP contribution in [-0.2, 0) is 0 Å². The highest BCUT2D eigenvalue weighted by atomic mass is 14.8. The smallest absolute Gasteiger partial charge is 0.0343 e. The van der Waals surface area contributed by atoms with Gasteiger partial charge in [-0.3, -0.25) is 0 Å². The summed E-state index contributed by atoms with van der Waals surface area (Å²) in [6, 6.07) is 18.6. The summed E-state index contributed by atoms with van der Waals surface area (Å²) >= 11 is 0. The molecule has 16 heavy (non-hydrogen) atoms. The first kappa shape index (κ1) is 10.5. The van der Waals surface area contributed by atoms with Crippen molar-refractivity contribution in [2.24, 2.45) is 0 Å². The third-order valence-corrected chi connectivity index (χ3v) is 2.44. The fourth-order valence-electron chi connectivity index (χ4n) is 1.55. The van der Waals surface area contributed by atoms with Gasteiger partial charge in [-0.15, -0.1) is 0 Å². The van der Waals surface area contributed by atoms with Crippen molar-refractivity contribution in [1.29, 1.82) is 0 Å². The lowest BCUT2D eigenvalue weighted by Crippen LogP contribution is -1.86. The van der Waals surface area contributed by atoms with E-state index < -0.39 is 0 Å². The Bertz CT molecular complexity index is 472. The Morgan fingerprint density at radius 2 is 1.50 bits per heavy atom. The molecule has 1 nitrogen and oxygen atoms in total. The topological polar surface area (TPSA) is 12.0 Å². The van der Waals surface area contributed by atoms with E-state index in [0.717, 1.165) is 5.69 Å². The van der Waals surface area contributed by atoms with E-state index in [-0.39, 0.29) is 0 Å². The van der Waals surface area contributed by atoms with Crippen LogP contribution in [0.5, 0.6) is 0 Å². The largest absolute Gasteiger partial charge is 0.388 e. The minimum absolute atomic E-state index is 1.13. The minimum atomic E-state index is 1.13. The Kier molecular flexibility index (Phi) is 3.39. The molecule has 0 aliphatic carbocycles. The fourth-order valence-corrected chi connectivity index (χ4v) is 1.55. The van der Waals surface area contributed by atoms with E-state index in [1.54, 1.807) is 0 Å². The first-order chi connectivity index (χ1) is 7.88. The first-order valence-electron chi connectivity index (χ1n) is 5.39. The van der Waals surface area contributed by atoms with Gasteiger partial charge in [0.2, 0.25) is 0 Å². The number of hydrogen-bond donors (Lipinski definition) is 1. The summed E-state index contributed by atoms with van der Waals surface area (Å²) in [5.74, 6) is 0. The highest BCUT2D eigenvalue weighted by Gasteiger charge is 1.90. The van der Waals surface area contributed by atoms with Crippen LogP contribution in [0.2, 0.25) is 0 Å². The fraction of sp³-hybridized carbons (Fsp3) is 0.0667. The van der Waals surface area contributed by atoms with Crippen molar-refractivity contribution in [2.75, 3.05) is 12.4 Å². The highest BCUT2D eigenvalue weighted by Crippen LogP contribution is 2.13. The Morgan fingerprint density at radius 1 is 0.812 bits per heavy atom. The summed E-state index contributed by atoms with van der Waals surface area (Å²) in [7, 11) is 1.93. The Hall–Kier alpha value is -2.02. The van der Waals surface area contributed by atoms with Crippen LogP contribution in [0.15, 0.2) is 54.6 Å². The molecule has 0 atom stereocenters. The maximum absolute atomic E-state index is 3.13. The van der Waals surface area contributed by atoms with Gasteiger partial charge < -0.3 is 5.32 Å². The lowest BCUT2D eigenvalue weighted by atomic mass is 10.1. The zero-order valence-electron chi connectivity index (χ0n) is 9.35. The molecule has 0 saturated heterocycles. The molecule has 0 aromatic heterocycles. The molecule has 0 fully saturated rings. The van der Waals surface area contributed by atoms with Crippen LogP contribution < -0.4 is 5.32 Å². The van der Waals surface area contributed by atoms with Crippen LogP contribution in [0.1, 0.15) is 11.1 Å². The van der Waals surface area contributed by atoms with Gasteiger partial charge in [-0.2, -0.15) is 0 Å². The molecular weight excluding hydrogens is 194 g/mol. The molecule has 2 aromatic carbocycles. The maximum Gasteiger partial charge on any atom is 0.0343 e. The van der Waals surface area contributed by atoms with Crippen molar-refractivity contribution in [1.82, 2.24) is 0 Å². The number of hydrogen-bond acceptors (Lipinski definition) is 1. The van der Waals surface area contributed by atoms with Gasteiger partial charge in [0.05, 0.1) is 0 Å². The van der Waals surface area contributed by atoms with Gasteiger partial charge in [0.15, 0.2) is 0 Å². The van der Waals surface area contributed by atoms with Crippen LogP contribution in [0.25, 0.3) is 12.2 Å². The van der Waals surface area contributed by atoms with Crippen LogP contribution >= 0.6 is 0 Å². The first-order valence-corrected chi connectivity index (χ1v) is 5.39. The quantitative estimate of drug-likeness (QED) is 0.756. The van der Waals surface area contributed by atoms with E-state index in [2.05, 4.69) is 53.9 Å². The lowest BCUT2D eigenvalue weighted by Gasteiger charge is -2.00. The molecule has 0 bridgehead atoms. The van der Waals surface area contributed by atoms with Crippen molar-refractivity contribution < 1.29 is 0 Å². The van der Waals surface area contributed by atoms with Crippen molar-refractivity contribution in [3.8, 4) is 0 Å². The van der Waals surface area contributed by atoms with Gasteiger partial charge >= 0.3 is 0 Å². The van der Waals surface area contributed by atoms with E-state index in [9.17, 15) is 0 Å². The second-order valence-electron chi connectivity index (χ2n) is 3.62. The summed E-state index contributed by atoms with van der Waals surface area (Å²) in [5.41, 5.74) is 3.56. The molecule has 0 aliphatic rings. The summed E-state index contributed by atoms with van der Waals surface area (Å²) in [6.07, 6.45) is 4.24. The summed E-state index contributed by atoms with van der Waals surface area (Å²) in [4.78, 5) is 0. The Labute approximate surface area is 96.4 Å². The predicted octanol–water partition coefficient (Wildman–Crippen LogP) is 3.90. The van der Waals surface area contributed by atoms with Gasteiger partial charge in [-0.05, 0) is 23.3 Å². The number of benzene rings is 2. The van der Waals surface area contributed by atoms with E-state index >= 15 is 0 Å². The van der Waals surface area contributed by atoms with Gasteiger partial charge in [0.1, 0.15) is 0 Å². The van der Waals surface area contributed by atoms with E-state index in [1.165, 1.54) is 11.1 Å². The lowest BCUT2D eigenvalue weighted by molar-refractivity contribution is 1.50. The van der Waals surface area contributed by atoms with Gasteiger partial charge in [0.25, 0.3) is 0 Å². The normalized spacial score (nSPS) is 10.6. The Morgan fingerprint density at radius 3 is 2.25 bits per heavy atom. The third kappa shape index (κ3) is 2.74. The molecule has 0 heterocycles. The molecule has 1 heteroatoms. The monoisotopic (exact) mass is 209 g/mol. The standard InChI is InChI=1S/C15H15N/c1-16-15-9-5-8-14(12-15)11-10-13-6-3-2-4-7-13/h2-12,16H,1H3/b11-10+. The summed E-state index contributed by atoms with van der Waals surface area (Å²) < 4.78 is 0. The molecule has 0 saturated carbocycles. The molecule has 2 aromatic rings. The van der Waals surface area contributed by atoms with Gasteiger partial charge in [0, 0.05) is 12.7 Å². The Balaban J connectivity index is 2.17. The van der Waals surface area contributed by atoms with Crippen molar-refractivity contribution in [2.45, 2.75) is 0 Å². The molecule has 1 N–H and O–H groups in total.